The lowest BCUT2D eigenvalue weighted by atomic mass is 10.4. The molecule has 0 radical (unpaired) electrons. The quantitative estimate of drug-likeness (QED) is 0.720. The first kappa shape index (κ1) is 8.83. The summed E-state index contributed by atoms with van der Waals surface area (Å²) in [7, 11) is 1.70. The van der Waals surface area contributed by atoms with Crippen LogP contribution >= 0.6 is 0 Å². The molecule has 0 saturated heterocycles. The Bertz CT molecular complexity index is 431. The Morgan fingerprint density at radius 1 is 1.64 bits per heavy atom. The number of ketones is 1. The van der Waals surface area contributed by atoms with Gasteiger partial charge in [-0.2, -0.15) is 0 Å². The topological polar surface area (TPSA) is 68.0 Å². The van der Waals surface area contributed by atoms with Crippen LogP contribution in [0.5, 0.6) is 0 Å². The van der Waals surface area contributed by atoms with Gasteiger partial charge in [0.05, 0.1) is 12.7 Å². The number of nitrogens with one attached hydrogen (secondary N) is 1. The average molecular weight is 191 g/mol. The Hall–Kier alpha value is -1.75. The number of carbonyl (C=O) groups is 1. The van der Waals surface area contributed by atoms with Gasteiger partial charge in [0.1, 0.15) is 5.52 Å². The molecule has 0 spiro atoms. The molecule has 1 N–H and O–H groups in total. The highest BCUT2D eigenvalue weighted by atomic mass is 16.4. The molecular weight excluding hydrogens is 182 g/mol. The first-order valence-electron chi connectivity index (χ1n) is 4.19. The molecule has 0 atom stereocenters. The van der Waals surface area contributed by atoms with E-state index in [1.54, 1.807) is 25.5 Å². The highest BCUT2D eigenvalue weighted by Crippen LogP contribution is 2.13. The van der Waals surface area contributed by atoms with E-state index in [9.17, 15) is 4.79 Å². The Labute approximate surface area is 80.2 Å². The Morgan fingerprint density at radius 2 is 2.50 bits per heavy atom. The maximum atomic E-state index is 11.4. The van der Waals surface area contributed by atoms with Crippen LogP contribution < -0.4 is 5.32 Å². The van der Waals surface area contributed by atoms with Gasteiger partial charge in [0.25, 0.3) is 5.89 Å². The van der Waals surface area contributed by atoms with Gasteiger partial charge < -0.3 is 9.73 Å². The number of hydrogen-bond donors (Lipinski definition) is 1. The first-order chi connectivity index (χ1) is 6.81. The van der Waals surface area contributed by atoms with Gasteiger partial charge in [-0.1, -0.05) is 0 Å². The Balaban J connectivity index is 2.40. The van der Waals surface area contributed by atoms with Gasteiger partial charge in [0.2, 0.25) is 5.78 Å². The predicted octanol–water partition coefficient (Wildman–Crippen LogP) is 0.625. The van der Waals surface area contributed by atoms with Crippen LogP contribution in [0.3, 0.4) is 0 Å². The number of nitrogens with zero attached hydrogens (tertiary/aromatic N) is 2. The van der Waals surface area contributed by atoms with Gasteiger partial charge in [-0.25, -0.2) is 4.98 Å². The van der Waals surface area contributed by atoms with Crippen molar-refractivity contribution in [3.8, 4) is 0 Å². The van der Waals surface area contributed by atoms with Crippen LogP contribution in [-0.4, -0.2) is 29.3 Å². The second kappa shape index (κ2) is 3.55. The monoisotopic (exact) mass is 191 g/mol. The third-order valence-electron chi connectivity index (χ3n) is 1.77. The van der Waals surface area contributed by atoms with Gasteiger partial charge in [-0.15, -0.1) is 0 Å². The highest BCUT2D eigenvalue weighted by molar-refractivity contribution is 5.95. The van der Waals surface area contributed by atoms with E-state index in [1.165, 1.54) is 0 Å². The average Bonchev–Trinajstić information content (AvgIpc) is 2.61. The lowest BCUT2D eigenvalue weighted by Gasteiger charge is -1.91. The van der Waals surface area contributed by atoms with E-state index < -0.39 is 0 Å². The smallest absolute Gasteiger partial charge is 0.265 e. The van der Waals surface area contributed by atoms with Crippen molar-refractivity contribution in [2.75, 3.05) is 13.6 Å². The number of carbonyl (C=O) groups excluding carboxylic acids is 1. The Kier molecular flexibility index (Phi) is 2.24. The van der Waals surface area contributed by atoms with E-state index >= 15 is 0 Å². The summed E-state index contributed by atoms with van der Waals surface area (Å²) >= 11 is 0. The zero-order valence-electron chi connectivity index (χ0n) is 7.65. The SMILES string of the molecule is CNCC(=O)c1nc2ccncc2o1. The zero-order chi connectivity index (χ0) is 9.97. The van der Waals surface area contributed by atoms with E-state index in [0.29, 0.717) is 11.1 Å². The van der Waals surface area contributed by atoms with Crippen molar-refractivity contribution >= 4 is 16.9 Å². The summed E-state index contributed by atoms with van der Waals surface area (Å²) in [4.78, 5) is 19.3. The zero-order valence-corrected chi connectivity index (χ0v) is 7.65. The van der Waals surface area contributed by atoms with Gasteiger partial charge in [0.15, 0.2) is 5.58 Å². The minimum atomic E-state index is -0.163. The molecular formula is C9H9N3O2. The molecule has 0 unspecified atom stereocenters. The number of aromatic nitrogens is 2. The molecule has 0 bridgehead atoms. The van der Waals surface area contributed by atoms with E-state index in [-0.39, 0.29) is 18.2 Å². The third kappa shape index (κ3) is 1.49. The molecule has 0 fully saturated rings. The van der Waals surface area contributed by atoms with Crippen molar-refractivity contribution in [2.45, 2.75) is 0 Å². The minimum Gasteiger partial charge on any atom is -0.432 e. The van der Waals surface area contributed by atoms with Crippen molar-refractivity contribution in [1.29, 1.82) is 0 Å². The largest absolute Gasteiger partial charge is 0.432 e. The molecule has 0 saturated carbocycles. The van der Waals surface area contributed by atoms with Crippen molar-refractivity contribution in [2.24, 2.45) is 0 Å². The summed E-state index contributed by atoms with van der Waals surface area (Å²) < 4.78 is 5.22. The fourth-order valence-corrected chi connectivity index (χ4v) is 1.14. The molecule has 2 heterocycles. The van der Waals surface area contributed by atoms with Gasteiger partial charge >= 0.3 is 0 Å². The van der Waals surface area contributed by atoms with Crippen molar-refractivity contribution in [3.63, 3.8) is 0 Å². The van der Waals surface area contributed by atoms with Crippen LogP contribution in [0.4, 0.5) is 0 Å². The number of likely N-dealkylation sites (N-methyl/N-ethyl adjacent to an activating group) is 1. The van der Waals surface area contributed by atoms with Crippen LogP contribution in [0.25, 0.3) is 11.1 Å². The number of fused-ring (bicyclic) bond motifs is 1. The van der Waals surface area contributed by atoms with E-state index in [4.69, 9.17) is 4.42 Å². The summed E-state index contributed by atoms with van der Waals surface area (Å²) in [5.74, 6) is -0.0361. The molecule has 5 heteroatoms. The first-order valence-corrected chi connectivity index (χ1v) is 4.19. The maximum absolute atomic E-state index is 11.4. The third-order valence-corrected chi connectivity index (χ3v) is 1.77. The van der Waals surface area contributed by atoms with Gasteiger partial charge in [-0.05, 0) is 13.1 Å². The van der Waals surface area contributed by atoms with Crippen molar-refractivity contribution < 1.29 is 9.21 Å². The number of hydrogen-bond acceptors (Lipinski definition) is 5. The summed E-state index contributed by atoms with van der Waals surface area (Å²) in [6.45, 7) is 0.222. The normalized spacial score (nSPS) is 10.6. The van der Waals surface area contributed by atoms with Crippen LogP contribution in [0, 0.1) is 0 Å². The molecule has 0 aliphatic carbocycles. The fraction of sp³-hybridized carbons (Fsp3) is 0.222. The standard InChI is InChI=1S/C9H9N3O2/c1-10-4-7(13)9-12-6-2-3-11-5-8(6)14-9/h2-3,5,10H,4H2,1H3. The van der Waals surface area contributed by atoms with Crippen molar-refractivity contribution in [3.05, 3.63) is 24.4 Å². The summed E-state index contributed by atoms with van der Waals surface area (Å²) in [5, 5.41) is 2.75. The molecule has 0 aromatic carbocycles. The van der Waals surface area contributed by atoms with E-state index in [0.717, 1.165) is 0 Å². The van der Waals surface area contributed by atoms with Crippen LogP contribution in [0.15, 0.2) is 22.9 Å². The number of pyridine rings is 1. The Morgan fingerprint density at radius 3 is 3.21 bits per heavy atom. The summed E-state index contributed by atoms with van der Waals surface area (Å²) in [6.07, 6.45) is 3.15. The molecule has 14 heavy (non-hydrogen) atoms. The molecule has 0 aliphatic heterocycles. The molecule has 0 aliphatic rings. The molecule has 0 amide bonds. The van der Waals surface area contributed by atoms with Gasteiger partial charge in [-0.3, -0.25) is 9.78 Å². The molecule has 2 aromatic heterocycles. The molecule has 2 aromatic rings. The van der Waals surface area contributed by atoms with Gasteiger partial charge in [0, 0.05) is 6.20 Å². The van der Waals surface area contributed by atoms with Crippen LogP contribution in [-0.2, 0) is 0 Å². The number of oxazole rings is 1. The lowest BCUT2D eigenvalue weighted by molar-refractivity contribution is 0.0962. The van der Waals surface area contributed by atoms with Crippen molar-refractivity contribution in [1.82, 2.24) is 15.3 Å². The fourth-order valence-electron chi connectivity index (χ4n) is 1.14. The maximum Gasteiger partial charge on any atom is 0.265 e. The number of rotatable bonds is 3. The lowest BCUT2D eigenvalue weighted by Crippen LogP contribution is -2.18. The highest BCUT2D eigenvalue weighted by Gasteiger charge is 2.12. The van der Waals surface area contributed by atoms with E-state index in [1.807, 2.05) is 0 Å². The van der Waals surface area contributed by atoms with Crippen LogP contribution in [0.2, 0.25) is 0 Å². The summed E-state index contributed by atoms with van der Waals surface area (Å²) in [5.41, 5.74) is 1.19. The second-order valence-electron chi connectivity index (χ2n) is 2.82. The molecule has 2 rings (SSSR count). The summed E-state index contributed by atoms with van der Waals surface area (Å²) in [6, 6.07) is 1.70. The van der Waals surface area contributed by atoms with Crippen LogP contribution in [0.1, 0.15) is 10.7 Å². The van der Waals surface area contributed by atoms with E-state index in [2.05, 4.69) is 15.3 Å². The number of Topliss-reactive ketones (excluding diaryl/α,β-unsaturated/α-hetero) is 1. The molecule has 72 valence electrons. The molecule has 5 nitrogen and oxygen atoms in total. The second-order valence-corrected chi connectivity index (χ2v) is 2.82. The minimum absolute atomic E-state index is 0.127. The predicted molar refractivity (Wildman–Crippen MR) is 50.1 cm³/mol.